The number of aromatic nitrogens is 1. The van der Waals surface area contributed by atoms with Gasteiger partial charge in [-0.25, -0.2) is 0 Å². The maximum Gasteiger partial charge on any atom is 0.290 e. The molecule has 8 heteroatoms. The van der Waals surface area contributed by atoms with Gasteiger partial charge in [-0.15, -0.1) is 4.91 Å². The average Bonchev–Trinajstić information content (AvgIpc) is 3.20. The third-order valence-electron chi connectivity index (χ3n) is 5.81. The van der Waals surface area contributed by atoms with Crippen LogP contribution in [0.2, 0.25) is 0 Å². The molecule has 2 aromatic rings. The number of carboxylic acid groups (broad SMARTS) is 1. The van der Waals surface area contributed by atoms with Crippen LogP contribution in [0.5, 0.6) is 0 Å². The predicted octanol–water partition coefficient (Wildman–Crippen LogP) is 5.49. The van der Waals surface area contributed by atoms with E-state index in [0.717, 1.165) is 38.2 Å². The molecule has 1 N–H and O–H groups in total. The molecule has 3 rings (SSSR count). The molecule has 2 atom stereocenters. The van der Waals surface area contributed by atoms with Crippen molar-refractivity contribution in [2.45, 2.75) is 59.6 Å². The number of nitroso groups, excluding NO2 is 1. The van der Waals surface area contributed by atoms with Gasteiger partial charge >= 0.3 is 0 Å². The Bertz CT molecular complexity index is 877. The van der Waals surface area contributed by atoms with Gasteiger partial charge in [0.2, 0.25) is 0 Å². The Balaban J connectivity index is 0.00000114. The maximum absolute atomic E-state index is 11.1. The first-order valence-electron chi connectivity index (χ1n) is 11.0. The monoisotopic (exact) mass is 445 g/mol. The van der Waals surface area contributed by atoms with Gasteiger partial charge in [-0.2, -0.15) is 0 Å². The summed E-state index contributed by atoms with van der Waals surface area (Å²) in [5.74, 6) is 1.11. The second-order valence-electron chi connectivity index (χ2n) is 9.63. The molecule has 1 aliphatic rings. The molecule has 176 valence electrons. The van der Waals surface area contributed by atoms with E-state index in [1.807, 2.05) is 18.2 Å². The van der Waals surface area contributed by atoms with Gasteiger partial charge in [0, 0.05) is 37.9 Å². The van der Waals surface area contributed by atoms with Crippen LogP contribution >= 0.6 is 0 Å². The Morgan fingerprint density at radius 1 is 1.38 bits per heavy atom. The zero-order chi connectivity index (χ0) is 23.8. The molecule has 32 heavy (non-hydrogen) atoms. The second-order valence-corrected chi connectivity index (χ2v) is 9.63. The lowest BCUT2D eigenvalue weighted by molar-refractivity contribution is -0.122. The highest BCUT2D eigenvalue weighted by atomic mass is 16.5. The molecular weight excluding hydrogens is 410 g/mol. The van der Waals surface area contributed by atoms with Crippen LogP contribution in [0.15, 0.2) is 40.0 Å². The van der Waals surface area contributed by atoms with E-state index in [9.17, 15) is 4.91 Å². The number of hydrogen-bond donors (Lipinski definition) is 1. The van der Waals surface area contributed by atoms with E-state index in [1.165, 1.54) is 0 Å². The molecule has 1 saturated heterocycles. The molecular formula is C24H35N3O5. The van der Waals surface area contributed by atoms with E-state index in [1.54, 1.807) is 12.1 Å². The summed E-state index contributed by atoms with van der Waals surface area (Å²) < 4.78 is 11.8. The number of rotatable bonds is 7. The molecule has 1 unspecified atom stereocenters. The van der Waals surface area contributed by atoms with Gasteiger partial charge in [0.25, 0.3) is 6.47 Å². The van der Waals surface area contributed by atoms with Crippen molar-refractivity contribution in [2.24, 2.45) is 16.5 Å². The van der Waals surface area contributed by atoms with Crippen LogP contribution in [-0.4, -0.2) is 46.9 Å². The van der Waals surface area contributed by atoms with Crippen molar-refractivity contribution in [1.82, 2.24) is 10.1 Å². The molecule has 1 aliphatic heterocycles. The summed E-state index contributed by atoms with van der Waals surface area (Å²) in [6, 6.07) is 9.07. The highest BCUT2D eigenvalue weighted by Crippen LogP contribution is 2.39. The number of carbonyl (C=O) groups is 1. The van der Waals surface area contributed by atoms with Crippen molar-refractivity contribution in [1.29, 1.82) is 0 Å². The van der Waals surface area contributed by atoms with E-state index in [2.05, 4.69) is 49.9 Å². The van der Waals surface area contributed by atoms with Crippen LogP contribution in [0, 0.1) is 16.2 Å². The largest absolute Gasteiger partial charge is 0.483 e. The number of ether oxygens (including phenoxy) is 1. The van der Waals surface area contributed by atoms with E-state index in [-0.39, 0.29) is 17.5 Å². The van der Waals surface area contributed by atoms with Gasteiger partial charge in [0.05, 0.1) is 11.3 Å². The number of piperidine rings is 1. The molecule has 1 fully saturated rings. The minimum Gasteiger partial charge on any atom is -0.483 e. The highest BCUT2D eigenvalue weighted by Gasteiger charge is 2.41. The zero-order valence-electron chi connectivity index (χ0n) is 19.7. The van der Waals surface area contributed by atoms with E-state index in [0.29, 0.717) is 29.5 Å². The van der Waals surface area contributed by atoms with Gasteiger partial charge in [0.1, 0.15) is 5.69 Å². The molecule has 0 amide bonds. The normalized spacial score (nSPS) is 21.5. The molecule has 0 saturated carbocycles. The minimum atomic E-state index is -0.250. The Hall–Kier alpha value is -2.58. The van der Waals surface area contributed by atoms with E-state index < -0.39 is 0 Å². The van der Waals surface area contributed by atoms with E-state index >= 15 is 0 Å². The topological polar surface area (TPSA) is 105 Å². The number of hydrogen-bond acceptors (Lipinski definition) is 7. The molecule has 2 heterocycles. The van der Waals surface area contributed by atoms with Crippen LogP contribution in [0.3, 0.4) is 0 Å². The standard InChI is InChI=1S/C23H33N3O3.CH2O2/c1-6-11-28-23(5)13-17(22(2,3)4)14-26(16-23)15-18-12-21(29-25-18)19-9-7-8-10-20(19)24-27;2-1-3/h7-10,12,17H,6,11,13-16H2,1-5H3;1H,(H,2,3)/t17?,23-;/m0./s1. The van der Waals surface area contributed by atoms with Gasteiger partial charge < -0.3 is 14.4 Å². The lowest BCUT2D eigenvalue weighted by Crippen LogP contribution is -2.53. The second kappa shape index (κ2) is 11.3. The Morgan fingerprint density at radius 3 is 2.69 bits per heavy atom. The first kappa shape index (κ1) is 25.7. The summed E-state index contributed by atoms with van der Waals surface area (Å²) in [6.07, 6.45) is 2.09. The lowest BCUT2D eigenvalue weighted by Gasteiger charge is -2.48. The molecule has 0 bridgehead atoms. The fourth-order valence-electron chi connectivity index (χ4n) is 4.16. The molecule has 8 nitrogen and oxygen atoms in total. The van der Waals surface area contributed by atoms with Gasteiger partial charge in [-0.05, 0) is 48.4 Å². The van der Waals surface area contributed by atoms with Gasteiger partial charge in [-0.3, -0.25) is 9.69 Å². The van der Waals surface area contributed by atoms with E-state index in [4.69, 9.17) is 19.2 Å². The zero-order valence-corrected chi connectivity index (χ0v) is 19.7. The maximum atomic E-state index is 11.1. The Morgan fingerprint density at radius 2 is 2.06 bits per heavy atom. The highest BCUT2D eigenvalue weighted by molar-refractivity contribution is 5.71. The van der Waals surface area contributed by atoms with Crippen molar-refractivity contribution < 1.29 is 19.2 Å². The minimum absolute atomic E-state index is 0.160. The number of benzene rings is 1. The quantitative estimate of drug-likeness (QED) is 0.443. The molecule has 0 radical (unpaired) electrons. The summed E-state index contributed by atoms with van der Waals surface area (Å²) >= 11 is 0. The predicted molar refractivity (Wildman–Crippen MR) is 124 cm³/mol. The van der Waals surface area contributed by atoms with Crippen molar-refractivity contribution in [3.63, 3.8) is 0 Å². The SMILES string of the molecule is CCCO[C@@]1(C)CC(C(C)(C)C)CN(Cc2cc(-c3ccccc3N=O)on2)C1.O=CO. The average molecular weight is 446 g/mol. The molecule has 1 aromatic heterocycles. The van der Waals surface area contributed by atoms with Crippen molar-refractivity contribution in [3.8, 4) is 11.3 Å². The van der Waals surface area contributed by atoms with Crippen molar-refractivity contribution in [3.05, 3.63) is 40.9 Å². The lowest BCUT2D eigenvalue weighted by atomic mass is 9.72. The molecule has 1 aromatic carbocycles. The van der Waals surface area contributed by atoms with Crippen LogP contribution in [0.25, 0.3) is 11.3 Å². The first-order chi connectivity index (χ1) is 15.2. The van der Waals surface area contributed by atoms with Gasteiger partial charge in [-0.1, -0.05) is 45.0 Å². The molecule has 0 aliphatic carbocycles. The first-order valence-corrected chi connectivity index (χ1v) is 11.0. The van der Waals surface area contributed by atoms with Crippen LogP contribution in [0.1, 0.15) is 53.2 Å². The number of likely N-dealkylation sites (tertiary alicyclic amines) is 1. The Labute approximate surface area is 189 Å². The summed E-state index contributed by atoms with van der Waals surface area (Å²) in [6.45, 7) is 14.4. The van der Waals surface area contributed by atoms with Crippen molar-refractivity contribution >= 4 is 12.2 Å². The summed E-state index contributed by atoms with van der Waals surface area (Å²) in [5.41, 5.74) is 1.93. The third-order valence-corrected chi connectivity index (χ3v) is 5.81. The Kier molecular flexibility index (Phi) is 9.09. The number of nitrogens with zero attached hydrogens (tertiary/aromatic N) is 3. The third kappa shape index (κ3) is 6.97. The summed E-state index contributed by atoms with van der Waals surface area (Å²) in [7, 11) is 0. The van der Waals surface area contributed by atoms with Crippen molar-refractivity contribution in [2.75, 3.05) is 19.7 Å². The van der Waals surface area contributed by atoms with Crippen LogP contribution in [0.4, 0.5) is 5.69 Å². The fourth-order valence-corrected chi connectivity index (χ4v) is 4.16. The fraction of sp³-hybridized carbons (Fsp3) is 0.583. The summed E-state index contributed by atoms with van der Waals surface area (Å²) in [5, 5.41) is 14.2. The van der Waals surface area contributed by atoms with Crippen LogP contribution < -0.4 is 0 Å². The molecule has 0 spiro atoms. The smallest absolute Gasteiger partial charge is 0.290 e. The van der Waals surface area contributed by atoms with Crippen LogP contribution in [-0.2, 0) is 16.1 Å². The van der Waals surface area contributed by atoms with Gasteiger partial charge in [0.15, 0.2) is 5.76 Å². The summed E-state index contributed by atoms with van der Waals surface area (Å²) in [4.78, 5) is 21.9.